The Morgan fingerprint density at radius 2 is 1.59 bits per heavy atom. The first-order valence-corrected chi connectivity index (χ1v) is 13.2. The fourth-order valence-electron chi connectivity index (χ4n) is 4.63. The van der Waals surface area contributed by atoms with E-state index in [0.717, 1.165) is 40.3 Å². The number of thiazole rings is 1. The summed E-state index contributed by atoms with van der Waals surface area (Å²) in [5, 5.41) is 2.08. The van der Waals surface area contributed by atoms with E-state index in [1.54, 1.807) is 26.0 Å². The first-order chi connectivity index (χ1) is 17.9. The van der Waals surface area contributed by atoms with Crippen LogP contribution in [0.3, 0.4) is 0 Å². The maximum Gasteiger partial charge on any atom is 0.297 e. The van der Waals surface area contributed by atoms with Crippen molar-refractivity contribution >= 4 is 17.0 Å². The van der Waals surface area contributed by atoms with Crippen molar-refractivity contribution in [3.05, 3.63) is 68.7 Å². The average Bonchev–Trinajstić information content (AvgIpc) is 3.43. The molecule has 8 nitrogen and oxygen atoms in total. The van der Waals surface area contributed by atoms with E-state index >= 15 is 0 Å². The van der Waals surface area contributed by atoms with Crippen molar-refractivity contribution in [1.29, 1.82) is 0 Å². The van der Waals surface area contributed by atoms with Crippen LogP contribution in [0.25, 0.3) is 16.9 Å². The minimum atomic E-state index is -0.148. The van der Waals surface area contributed by atoms with Crippen LogP contribution in [0, 0.1) is 6.92 Å². The molecule has 0 unspecified atom stereocenters. The summed E-state index contributed by atoms with van der Waals surface area (Å²) >= 11 is 1.52. The summed E-state index contributed by atoms with van der Waals surface area (Å²) < 4.78 is 22.5. The van der Waals surface area contributed by atoms with Crippen LogP contribution in [0.5, 0.6) is 17.2 Å². The van der Waals surface area contributed by atoms with Gasteiger partial charge >= 0.3 is 0 Å². The Balaban J connectivity index is 1.97. The molecular formula is C28H34N4O4S. The lowest BCUT2D eigenvalue weighted by Gasteiger charge is -2.20. The lowest BCUT2D eigenvalue weighted by atomic mass is 10.1. The second-order valence-electron chi connectivity index (χ2n) is 8.68. The lowest BCUT2D eigenvalue weighted by Crippen LogP contribution is -2.22. The number of ether oxygens (including phenoxy) is 3. The van der Waals surface area contributed by atoms with Crippen molar-refractivity contribution in [2.45, 2.75) is 39.7 Å². The molecule has 37 heavy (non-hydrogen) atoms. The molecule has 2 heterocycles. The van der Waals surface area contributed by atoms with E-state index in [4.69, 9.17) is 19.2 Å². The highest BCUT2D eigenvalue weighted by molar-refractivity contribution is 7.07. The molecule has 196 valence electrons. The first-order valence-electron chi connectivity index (χ1n) is 12.3. The van der Waals surface area contributed by atoms with E-state index in [0.29, 0.717) is 22.9 Å². The number of methoxy groups -OCH3 is 3. The van der Waals surface area contributed by atoms with E-state index in [9.17, 15) is 4.79 Å². The van der Waals surface area contributed by atoms with E-state index in [2.05, 4.69) is 23.8 Å². The summed E-state index contributed by atoms with van der Waals surface area (Å²) in [5.41, 5.74) is 3.79. The molecule has 0 aliphatic rings. The Bertz CT molecular complexity index is 1480. The molecule has 0 spiro atoms. The maximum absolute atomic E-state index is 13.5. The van der Waals surface area contributed by atoms with Crippen LogP contribution < -0.4 is 24.6 Å². The molecule has 0 radical (unpaired) electrons. The largest absolute Gasteiger partial charge is 0.493 e. The van der Waals surface area contributed by atoms with Crippen LogP contribution in [-0.4, -0.2) is 35.3 Å². The number of rotatable bonds is 9. The molecule has 4 aromatic rings. The second-order valence-corrected chi connectivity index (χ2v) is 9.52. The lowest BCUT2D eigenvalue weighted by molar-refractivity contribution is 0.324. The third-order valence-electron chi connectivity index (χ3n) is 6.74. The van der Waals surface area contributed by atoms with Crippen LogP contribution in [0.1, 0.15) is 38.4 Å². The standard InChI is InChI=1S/C28H34N4O4S/c1-8-20(9-2)31-22(19-15-23(34-5)26(36-7)24(16-19)35-6)17-37-28(31)29-25-18(3)30(4)32(27(25)33)21-13-11-10-12-14-21/h10-17,20H,8-9H2,1-7H3. The van der Waals surface area contributed by atoms with E-state index < -0.39 is 0 Å². The summed E-state index contributed by atoms with van der Waals surface area (Å²) in [6.07, 6.45) is 1.83. The van der Waals surface area contributed by atoms with Gasteiger partial charge < -0.3 is 18.8 Å². The molecule has 0 saturated heterocycles. The van der Waals surface area contributed by atoms with Gasteiger partial charge in [-0.2, -0.15) is 0 Å². The topological polar surface area (TPSA) is 71.9 Å². The molecular weight excluding hydrogens is 488 g/mol. The van der Waals surface area contributed by atoms with Gasteiger partial charge in [-0.3, -0.25) is 9.48 Å². The highest BCUT2D eigenvalue weighted by Crippen LogP contribution is 2.42. The molecule has 0 aliphatic heterocycles. The zero-order chi connectivity index (χ0) is 26.7. The van der Waals surface area contributed by atoms with Crippen molar-refractivity contribution in [3.63, 3.8) is 0 Å². The second kappa shape index (κ2) is 11.1. The molecule has 0 amide bonds. The minimum absolute atomic E-state index is 0.148. The van der Waals surface area contributed by atoms with Crippen molar-refractivity contribution in [2.24, 2.45) is 12.0 Å². The number of hydrogen-bond acceptors (Lipinski definition) is 6. The summed E-state index contributed by atoms with van der Waals surface area (Å²) in [6, 6.07) is 13.7. The minimum Gasteiger partial charge on any atom is -0.493 e. The number of aromatic nitrogens is 3. The first kappa shape index (κ1) is 26.3. The van der Waals surface area contributed by atoms with Gasteiger partial charge in [0, 0.05) is 24.0 Å². The summed E-state index contributed by atoms with van der Waals surface area (Å²) in [7, 11) is 6.70. The molecule has 2 aromatic carbocycles. The Hall–Kier alpha value is -3.72. The monoisotopic (exact) mass is 522 g/mol. The maximum atomic E-state index is 13.5. The Kier molecular flexibility index (Phi) is 7.92. The van der Waals surface area contributed by atoms with Crippen molar-refractivity contribution in [3.8, 4) is 34.2 Å². The molecule has 0 atom stereocenters. The number of nitrogens with zero attached hydrogens (tertiary/aromatic N) is 4. The molecule has 0 saturated carbocycles. The quantitative estimate of drug-likeness (QED) is 0.285. The molecule has 0 fully saturated rings. The fourth-order valence-corrected chi connectivity index (χ4v) is 5.60. The predicted molar refractivity (Wildman–Crippen MR) is 148 cm³/mol. The van der Waals surface area contributed by atoms with Gasteiger partial charge in [-0.25, -0.2) is 9.67 Å². The van der Waals surface area contributed by atoms with Gasteiger partial charge in [-0.1, -0.05) is 32.0 Å². The van der Waals surface area contributed by atoms with Gasteiger partial charge in [0.2, 0.25) is 5.75 Å². The number of hydrogen-bond donors (Lipinski definition) is 0. The van der Waals surface area contributed by atoms with Gasteiger partial charge in [0.05, 0.1) is 38.4 Å². The third kappa shape index (κ3) is 4.71. The fraction of sp³-hybridized carbons (Fsp3) is 0.357. The van der Waals surface area contributed by atoms with E-state index in [1.807, 2.05) is 61.1 Å². The van der Waals surface area contributed by atoms with E-state index in [1.165, 1.54) is 11.3 Å². The van der Waals surface area contributed by atoms with Crippen molar-refractivity contribution in [1.82, 2.24) is 13.9 Å². The summed E-state index contributed by atoms with van der Waals surface area (Å²) in [4.78, 5) is 19.3. The smallest absolute Gasteiger partial charge is 0.297 e. The normalized spacial score (nSPS) is 11.8. The Morgan fingerprint density at radius 3 is 2.14 bits per heavy atom. The highest BCUT2D eigenvalue weighted by Gasteiger charge is 2.21. The van der Waals surface area contributed by atoms with Crippen LogP contribution in [-0.2, 0) is 7.05 Å². The predicted octanol–water partition coefficient (Wildman–Crippen LogP) is 5.63. The molecule has 9 heteroatoms. The molecule has 0 bridgehead atoms. The van der Waals surface area contributed by atoms with Crippen LogP contribution in [0.4, 0.5) is 5.69 Å². The molecule has 0 aliphatic carbocycles. The number of para-hydroxylation sites is 1. The Morgan fingerprint density at radius 1 is 0.973 bits per heavy atom. The van der Waals surface area contributed by atoms with Crippen molar-refractivity contribution < 1.29 is 14.2 Å². The van der Waals surface area contributed by atoms with Crippen LogP contribution >= 0.6 is 11.3 Å². The molecule has 4 rings (SSSR count). The zero-order valence-electron chi connectivity index (χ0n) is 22.4. The third-order valence-corrected chi connectivity index (χ3v) is 7.58. The highest BCUT2D eigenvalue weighted by atomic mass is 32.1. The van der Waals surface area contributed by atoms with Crippen LogP contribution in [0.2, 0.25) is 0 Å². The SMILES string of the molecule is CCC(CC)n1c(-c2cc(OC)c(OC)c(OC)c2)csc1=Nc1c(C)n(C)n(-c2ccccc2)c1=O. The summed E-state index contributed by atoms with van der Waals surface area (Å²) in [5.74, 6) is 1.72. The van der Waals surface area contributed by atoms with Gasteiger partial charge in [0.1, 0.15) is 0 Å². The van der Waals surface area contributed by atoms with Crippen LogP contribution in [0.15, 0.2) is 57.6 Å². The zero-order valence-corrected chi connectivity index (χ0v) is 23.3. The Labute approximate surface area is 221 Å². The molecule has 0 N–H and O–H groups in total. The molecule has 2 aromatic heterocycles. The number of benzene rings is 2. The average molecular weight is 523 g/mol. The van der Waals surface area contributed by atoms with Gasteiger partial charge in [-0.15, -0.1) is 11.3 Å². The van der Waals surface area contributed by atoms with Crippen molar-refractivity contribution in [2.75, 3.05) is 21.3 Å². The van der Waals surface area contributed by atoms with E-state index in [-0.39, 0.29) is 11.6 Å². The van der Waals surface area contributed by atoms with Gasteiger partial charge in [0.25, 0.3) is 5.56 Å². The van der Waals surface area contributed by atoms with Gasteiger partial charge in [0.15, 0.2) is 22.0 Å². The van der Waals surface area contributed by atoms with Gasteiger partial charge in [-0.05, 0) is 44.0 Å². The summed E-state index contributed by atoms with van der Waals surface area (Å²) in [6.45, 7) is 6.25.